The molecule has 2 aromatic heterocycles. The van der Waals surface area contributed by atoms with Gasteiger partial charge in [0.05, 0.1) is 5.69 Å². The van der Waals surface area contributed by atoms with Gasteiger partial charge < -0.3 is 10.4 Å². The number of aromatic nitrogens is 3. The molecule has 21 heavy (non-hydrogen) atoms. The molecule has 0 bridgehead atoms. The summed E-state index contributed by atoms with van der Waals surface area (Å²) >= 11 is 0. The van der Waals surface area contributed by atoms with E-state index in [1.165, 1.54) is 0 Å². The van der Waals surface area contributed by atoms with Crippen LogP contribution in [-0.4, -0.2) is 26.3 Å². The SMILES string of the molecule is CCc1nnc(NCc2cccnc2)c(C(=O)O)c1CC. The number of aromatic carboxylic acids is 1. The summed E-state index contributed by atoms with van der Waals surface area (Å²) in [6.07, 6.45) is 4.69. The molecule has 2 N–H and O–H groups in total. The van der Waals surface area contributed by atoms with E-state index in [4.69, 9.17) is 0 Å². The number of rotatable bonds is 6. The summed E-state index contributed by atoms with van der Waals surface area (Å²) in [4.78, 5) is 15.6. The Kier molecular flexibility index (Phi) is 4.81. The zero-order valence-electron chi connectivity index (χ0n) is 12.1. The lowest BCUT2D eigenvalue weighted by molar-refractivity contribution is 0.0696. The highest BCUT2D eigenvalue weighted by atomic mass is 16.4. The van der Waals surface area contributed by atoms with E-state index >= 15 is 0 Å². The van der Waals surface area contributed by atoms with Gasteiger partial charge in [-0.25, -0.2) is 4.79 Å². The standard InChI is InChI=1S/C15H18N4O2/c1-3-11-12(4-2)18-19-14(13(11)15(20)21)17-9-10-6-5-7-16-8-10/h5-8H,3-4,9H2,1-2H3,(H,17,19)(H,20,21). The van der Waals surface area contributed by atoms with E-state index in [1.54, 1.807) is 12.4 Å². The van der Waals surface area contributed by atoms with E-state index in [1.807, 2.05) is 26.0 Å². The number of pyridine rings is 1. The molecule has 0 unspecified atom stereocenters. The molecule has 6 nitrogen and oxygen atoms in total. The van der Waals surface area contributed by atoms with Gasteiger partial charge in [0.15, 0.2) is 5.82 Å². The van der Waals surface area contributed by atoms with Crippen molar-refractivity contribution in [3.63, 3.8) is 0 Å². The average molecular weight is 286 g/mol. The molecule has 0 aliphatic rings. The molecule has 2 rings (SSSR count). The van der Waals surface area contributed by atoms with E-state index in [-0.39, 0.29) is 5.56 Å². The fourth-order valence-corrected chi connectivity index (χ4v) is 2.22. The lowest BCUT2D eigenvalue weighted by atomic mass is 10.0. The van der Waals surface area contributed by atoms with Gasteiger partial charge in [0.25, 0.3) is 0 Å². The van der Waals surface area contributed by atoms with Crippen LogP contribution in [0.2, 0.25) is 0 Å². The third-order valence-corrected chi connectivity index (χ3v) is 3.24. The maximum Gasteiger partial charge on any atom is 0.339 e. The van der Waals surface area contributed by atoms with Gasteiger partial charge >= 0.3 is 5.97 Å². The minimum absolute atomic E-state index is 0.216. The van der Waals surface area contributed by atoms with Gasteiger partial charge in [-0.15, -0.1) is 5.10 Å². The highest BCUT2D eigenvalue weighted by Gasteiger charge is 2.20. The van der Waals surface area contributed by atoms with Crippen molar-refractivity contribution in [1.82, 2.24) is 15.2 Å². The molecule has 2 aromatic rings. The molecule has 0 saturated heterocycles. The maximum atomic E-state index is 11.6. The fraction of sp³-hybridized carbons (Fsp3) is 0.333. The molecular weight excluding hydrogens is 268 g/mol. The van der Waals surface area contributed by atoms with Gasteiger partial charge in [0.1, 0.15) is 5.56 Å². The summed E-state index contributed by atoms with van der Waals surface area (Å²) in [5.74, 6) is -0.675. The van der Waals surface area contributed by atoms with Crippen molar-refractivity contribution < 1.29 is 9.90 Å². The third kappa shape index (κ3) is 3.34. The minimum atomic E-state index is -0.981. The second kappa shape index (κ2) is 6.78. The van der Waals surface area contributed by atoms with Crippen LogP contribution in [-0.2, 0) is 19.4 Å². The van der Waals surface area contributed by atoms with Crippen molar-refractivity contribution in [1.29, 1.82) is 0 Å². The first kappa shape index (κ1) is 14.9. The molecule has 0 radical (unpaired) electrons. The monoisotopic (exact) mass is 286 g/mol. The van der Waals surface area contributed by atoms with E-state index < -0.39 is 5.97 Å². The molecule has 0 fully saturated rings. The number of carboxylic acids is 1. The van der Waals surface area contributed by atoms with Gasteiger partial charge in [-0.1, -0.05) is 19.9 Å². The molecule has 0 atom stereocenters. The Hall–Kier alpha value is -2.50. The lowest BCUT2D eigenvalue weighted by Crippen LogP contribution is -2.15. The van der Waals surface area contributed by atoms with E-state index in [9.17, 15) is 9.90 Å². The Morgan fingerprint density at radius 1 is 1.29 bits per heavy atom. The van der Waals surface area contributed by atoms with E-state index in [2.05, 4.69) is 20.5 Å². The molecule has 0 amide bonds. The van der Waals surface area contributed by atoms with Gasteiger partial charge in [-0.2, -0.15) is 5.10 Å². The number of hydrogen-bond donors (Lipinski definition) is 2. The molecule has 0 aliphatic carbocycles. The number of nitrogens with one attached hydrogen (secondary N) is 1. The van der Waals surface area contributed by atoms with Crippen LogP contribution >= 0.6 is 0 Å². The quantitative estimate of drug-likeness (QED) is 0.847. The van der Waals surface area contributed by atoms with Crippen LogP contribution in [0.15, 0.2) is 24.5 Å². The number of carboxylic acid groups (broad SMARTS) is 1. The molecule has 0 spiro atoms. The highest BCUT2D eigenvalue weighted by molar-refractivity contribution is 5.95. The normalized spacial score (nSPS) is 10.4. The van der Waals surface area contributed by atoms with Gasteiger partial charge in [0, 0.05) is 18.9 Å². The smallest absolute Gasteiger partial charge is 0.339 e. The van der Waals surface area contributed by atoms with Gasteiger partial charge in [-0.3, -0.25) is 4.98 Å². The van der Waals surface area contributed by atoms with Crippen molar-refractivity contribution in [2.75, 3.05) is 5.32 Å². The Morgan fingerprint density at radius 2 is 2.10 bits per heavy atom. The summed E-state index contributed by atoms with van der Waals surface area (Å²) in [5.41, 5.74) is 2.65. The predicted molar refractivity (Wildman–Crippen MR) is 79.3 cm³/mol. The lowest BCUT2D eigenvalue weighted by Gasteiger charge is -2.13. The molecule has 2 heterocycles. The first-order valence-corrected chi connectivity index (χ1v) is 6.91. The van der Waals surface area contributed by atoms with Crippen LogP contribution in [0, 0.1) is 0 Å². The number of nitrogens with zero attached hydrogens (tertiary/aromatic N) is 3. The van der Waals surface area contributed by atoms with Crippen LogP contribution in [0.5, 0.6) is 0 Å². The van der Waals surface area contributed by atoms with Crippen LogP contribution in [0.4, 0.5) is 5.82 Å². The molecule has 0 saturated carbocycles. The summed E-state index contributed by atoms with van der Waals surface area (Å²) in [6, 6.07) is 3.74. The average Bonchev–Trinajstić information content (AvgIpc) is 2.52. The first-order valence-electron chi connectivity index (χ1n) is 6.91. The summed E-state index contributed by atoms with van der Waals surface area (Å²) in [7, 11) is 0. The summed E-state index contributed by atoms with van der Waals surface area (Å²) in [5, 5.41) is 20.7. The zero-order chi connectivity index (χ0) is 15.2. The number of anilines is 1. The van der Waals surface area contributed by atoms with Crippen molar-refractivity contribution >= 4 is 11.8 Å². The Bertz CT molecular complexity index is 629. The summed E-state index contributed by atoms with van der Waals surface area (Å²) < 4.78 is 0. The topological polar surface area (TPSA) is 88.0 Å². The Morgan fingerprint density at radius 3 is 2.67 bits per heavy atom. The van der Waals surface area contributed by atoms with Crippen LogP contribution < -0.4 is 5.32 Å². The Balaban J connectivity index is 2.32. The van der Waals surface area contributed by atoms with Crippen LogP contribution in [0.1, 0.15) is 41.0 Å². The number of aryl methyl sites for hydroxylation is 1. The molecular formula is C15H18N4O2. The van der Waals surface area contributed by atoms with Crippen LogP contribution in [0.3, 0.4) is 0 Å². The van der Waals surface area contributed by atoms with Crippen molar-refractivity contribution in [2.24, 2.45) is 0 Å². The van der Waals surface area contributed by atoms with E-state index in [0.29, 0.717) is 25.2 Å². The van der Waals surface area contributed by atoms with Crippen molar-refractivity contribution in [3.05, 3.63) is 46.9 Å². The van der Waals surface area contributed by atoms with Crippen molar-refractivity contribution in [3.8, 4) is 0 Å². The van der Waals surface area contributed by atoms with Gasteiger partial charge in [0.2, 0.25) is 0 Å². The predicted octanol–water partition coefficient (Wildman–Crippen LogP) is 2.31. The molecule has 6 heteroatoms. The fourth-order valence-electron chi connectivity index (χ4n) is 2.22. The van der Waals surface area contributed by atoms with Crippen molar-refractivity contribution in [2.45, 2.75) is 33.2 Å². The Labute approximate surface area is 123 Å². The zero-order valence-corrected chi connectivity index (χ0v) is 12.1. The van der Waals surface area contributed by atoms with Gasteiger partial charge in [-0.05, 0) is 30.0 Å². The van der Waals surface area contributed by atoms with E-state index in [0.717, 1.165) is 16.8 Å². The highest BCUT2D eigenvalue weighted by Crippen LogP contribution is 2.21. The number of carbonyl (C=O) groups is 1. The second-order valence-corrected chi connectivity index (χ2v) is 4.58. The largest absolute Gasteiger partial charge is 0.478 e. The minimum Gasteiger partial charge on any atom is -0.478 e. The van der Waals surface area contributed by atoms with Crippen LogP contribution in [0.25, 0.3) is 0 Å². The second-order valence-electron chi connectivity index (χ2n) is 4.58. The summed E-state index contributed by atoms with van der Waals surface area (Å²) in [6.45, 7) is 4.32. The third-order valence-electron chi connectivity index (χ3n) is 3.24. The molecule has 0 aromatic carbocycles. The maximum absolute atomic E-state index is 11.6. The first-order chi connectivity index (χ1) is 10.2. The molecule has 0 aliphatic heterocycles. The molecule has 110 valence electrons. The number of hydrogen-bond acceptors (Lipinski definition) is 5.